The van der Waals surface area contributed by atoms with Crippen molar-refractivity contribution in [1.82, 2.24) is 15.6 Å². The highest BCUT2D eigenvalue weighted by Crippen LogP contribution is 2.03. The molecular formula is C17H19N3O2. The third-order valence-electron chi connectivity index (χ3n) is 3.13. The van der Waals surface area contributed by atoms with Gasteiger partial charge in [0.15, 0.2) is 0 Å². The average Bonchev–Trinajstić information content (AvgIpc) is 2.52. The molecule has 0 aliphatic carbocycles. The topological polar surface area (TPSA) is 71.1 Å². The van der Waals surface area contributed by atoms with E-state index >= 15 is 0 Å². The van der Waals surface area contributed by atoms with Crippen LogP contribution in [0, 0.1) is 6.92 Å². The van der Waals surface area contributed by atoms with E-state index in [4.69, 9.17) is 0 Å². The predicted molar refractivity (Wildman–Crippen MR) is 83.7 cm³/mol. The lowest BCUT2D eigenvalue weighted by molar-refractivity contribution is -0.129. The van der Waals surface area contributed by atoms with Crippen LogP contribution in [0.5, 0.6) is 0 Å². The molecule has 2 rings (SSSR count). The average molecular weight is 297 g/mol. The summed E-state index contributed by atoms with van der Waals surface area (Å²) in [6.07, 6.45) is 3.16. The van der Waals surface area contributed by atoms with Gasteiger partial charge in [0.05, 0.1) is 0 Å². The lowest BCUT2D eigenvalue weighted by atomic mass is 10.1. The summed E-state index contributed by atoms with van der Waals surface area (Å²) in [7, 11) is 0. The molecule has 2 aromatic rings. The molecule has 22 heavy (non-hydrogen) atoms. The van der Waals surface area contributed by atoms with Crippen LogP contribution < -0.4 is 10.6 Å². The Labute approximate surface area is 129 Å². The molecule has 114 valence electrons. The second-order valence-electron chi connectivity index (χ2n) is 5.07. The molecule has 5 heteroatoms. The van der Waals surface area contributed by atoms with Crippen molar-refractivity contribution in [2.24, 2.45) is 0 Å². The van der Waals surface area contributed by atoms with Gasteiger partial charge in [-0.15, -0.1) is 0 Å². The molecule has 0 aliphatic rings. The van der Waals surface area contributed by atoms with E-state index in [2.05, 4.69) is 15.6 Å². The molecule has 0 aliphatic heterocycles. The smallest absolute Gasteiger partial charge is 0.229 e. The first-order valence-electron chi connectivity index (χ1n) is 7.11. The third kappa shape index (κ3) is 5.36. The van der Waals surface area contributed by atoms with Gasteiger partial charge < -0.3 is 10.6 Å². The Bertz CT molecular complexity index is 641. The van der Waals surface area contributed by atoms with Gasteiger partial charge in [-0.2, -0.15) is 0 Å². The van der Waals surface area contributed by atoms with Gasteiger partial charge in [0, 0.05) is 25.5 Å². The number of nitrogens with zero attached hydrogens (tertiary/aromatic N) is 1. The van der Waals surface area contributed by atoms with Crippen LogP contribution >= 0.6 is 0 Å². The molecule has 2 N–H and O–H groups in total. The standard InChI is InChI=1S/C17H19N3O2/c1-13-3-2-4-15(9-13)12-20-17(22)10-16(21)19-11-14-5-7-18-8-6-14/h2-9H,10-12H2,1H3,(H,19,21)(H,20,22). The van der Waals surface area contributed by atoms with Crippen molar-refractivity contribution in [1.29, 1.82) is 0 Å². The molecule has 0 radical (unpaired) electrons. The first kappa shape index (κ1) is 15.7. The van der Waals surface area contributed by atoms with Gasteiger partial charge >= 0.3 is 0 Å². The summed E-state index contributed by atoms with van der Waals surface area (Å²) in [5, 5.41) is 5.46. The molecule has 1 aromatic carbocycles. The third-order valence-corrected chi connectivity index (χ3v) is 3.13. The zero-order valence-electron chi connectivity index (χ0n) is 12.5. The predicted octanol–water partition coefficient (Wildman–Crippen LogP) is 1.71. The van der Waals surface area contributed by atoms with E-state index in [1.165, 1.54) is 0 Å². The molecular weight excluding hydrogens is 278 g/mol. The summed E-state index contributed by atoms with van der Waals surface area (Å²) in [6.45, 7) is 2.82. The highest BCUT2D eigenvalue weighted by Gasteiger charge is 2.08. The molecule has 5 nitrogen and oxygen atoms in total. The summed E-state index contributed by atoms with van der Waals surface area (Å²) in [4.78, 5) is 27.3. The van der Waals surface area contributed by atoms with E-state index in [-0.39, 0.29) is 18.2 Å². The first-order chi connectivity index (χ1) is 10.6. The lowest BCUT2D eigenvalue weighted by Gasteiger charge is -2.07. The summed E-state index contributed by atoms with van der Waals surface area (Å²) in [6, 6.07) is 11.5. The van der Waals surface area contributed by atoms with Crippen molar-refractivity contribution >= 4 is 11.8 Å². The van der Waals surface area contributed by atoms with Gasteiger partial charge in [0.25, 0.3) is 0 Å². The first-order valence-corrected chi connectivity index (χ1v) is 7.11. The van der Waals surface area contributed by atoms with E-state index in [0.717, 1.165) is 16.7 Å². The number of amides is 2. The van der Waals surface area contributed by atoms with Crippen LogP contribution in [0.15, 0.2) is 48.8 Å². The van der Waals surface area contributed by atoms with E-state index < -0.39 is 0 Å². The molecule has 0 saturated carbocycles. The van der Waals surface area contributed by atoms with Gasteiger partial charge in [0.1, 0.15) is 6.42 Å². The SMILES string of the molecule is Cc1cccc(CNC(=O)CC(=O)NCc2ccncc2)c1. The molecule has 1 heterocycles. The zero-order valence-corrected chi connectivity index (χ0v) is 12.5. The number of rotatable bonds is 6. The van der Waals surface area contributed by atoms with Crippen LogP contribution in [-0.4, -0.2) is 16.8 Å². The Kier molecular flexibility index (Phi) is 5.65. The summed E-state index contributed by atoms with van der Waals surface area (Å²) in [5.41, 5.74) is 3.11. The highest BCUT2D eigenvalue weighted by atomic mass is 16.2. The Morgan fingerprint density at radius 1 is 0.955 bits per heavy atom. The maximum absolute atomic E-state index is 11.7. The van der Waals surface area contributed by atoms with Crippen molar-refractivity contribution in [3.05, 3.63) is 65.5 Å². The van der Waals surface area contributed by atoms with E-state index in [1.807, 2.05) is 43.3 Å². The maximum atomic E-state index is 11.7. The van der Waals surface area contributed by atoms with E-state index in [1.54, 1.807) is 12.4 Å². The number of pyridine rings is 1. The molecule has 0 bridgehead atoms. The van der Waals surface area contributed by atoms with Crippen molar-refractivity contribution in [3.63, 3.8) is 0 Å². The summed E-state index contributed by atoms with van der Waals surface area (Å²) < 4.78 is 0. The second-order valence-corrected chi connectivity index (χ2v) is 5.07. The second kappa shape index (κ2) is 7.93. The maximum Gasteiger partial charge on any atom is 0.229 e. The lowest BCUT2D eigenvalue weighted by Crippen LogP contribution is -2.31. The van der Waals surface area contributed by atoms with Crippen LogP contribution in [0.25, 0.3) is 0 Å². The quantitative estimate of drug-likeness (QED) is 0.797. The van der Waals surface area contributed by atoms with Crippen LogP contribution in [0.1, 0.15) is 23.1 Å². The van der Waals surface area contributed by atoms with Crippen LogP contribution in [0.3, 0.4) is 0 Å². The van der Waals surface area contributed by atoms with Crippen LogP contribution in [0.2, 0.25) is 0 Å². The fourth-order valence-corrected chi connectivity index (χ4v) is 1.99. The van der Waals surface area contributed by atoms with Crippen LogP contribution in [0.4, 0.5) is 0 Å². The molecule has 2 amide bonds. The molecule has 0 spiro atoms. The Morgan fingerprint density at radius 2 is 1.59 bits per heavy atom. The molecule has 0 saturated heterocycles. The number of hydrogen-bond acceptors (Lipinski definition) is 3. The minimum atomic E-state index is -0.293. The fraction of sp³-hybridized carbons (Fsp3) is 0.235. The Morgan fingerprint density at radius 3 is 2.23 bits per heavy atom. The Balaban J connectivity index is 1.71. The van der Waals surface area contributed by atoms with Crippen molar-refractivity contribution in [2.75, 3.05) is 0 Å². The van der Waals surface area contributed by atoms with Gasteiger partial charge in [-0.25, -0.2) is 0 Å². The molecule has 1 aromatic heterocycles. The van der Waals surface area contributed by atoms with Crippen LogP contribution in [-0.2, 0) is 22.7 Å². The van der Waals surface area contributed by atoms with Gasteiger partial charge in [-0.05, 0) is 30.2 Å². The van der Waals surface area contributed by atoms with Crippen molar-refractivity contribution in [2.45, 2.75) is 26.4 Å². The zero-order chi connectivity index (χ0) is 15.8. The van der Waals surface area contributed by atoms with Gasteiger partial charge in [0.2, 0.25) is 11.8 Å². The molecule has 0 unspecified atom stereocenters. The number of aryl methyl sites for hydroxylation is 1. The van der Waals surface area contributed by atoms with Crippen molar-refractivity contribution in [3.8, 4) is 0 Å². The largest absolute Gasteiger partial charge is 0.352 e. The number of carbonyl (C=O) groups is 2. The van der Waals surface area contributed by atoms with Crippen molar-refractivity contribution < 1.29 is 9.59 Å². The minimum absolute atomic E-state index is 0.170. The number of hydrogen-bond donors (Lipinski definition) is 2. The molecule has 0 fully saturated rings. The molecule has 0 atom stereocenters. The normalized spacial score (nSPS) is 10.0. The number of nitrogens with one attached hydrogen (secondary N) is 2. The summed E-state index contributed by atoms with van der Waals surface area (Å²) in [5.74, 6) is -0.577. The number of carbonyl (C=O) groups excluding carboxylic acids is 2. The van der Waals surface area contributed by atoms with E-state index in [9.17, 15) is 9.59 Å². The Hall–Kier alpha value is -2.69. The summed E-state index contributed by atoms with van der Waals surface area (Å²) >= 11 is 0. The highest BCUT2D eigenvalue weighted by molar-refractivity contribution is 5.96. The number of benzene rings is 1. The van der Waals surface area contributed by atoms with Gasteiger partial charge in [-0.1, -0.05) is 29.8 Å². The van der Waals surface area contributed by atoms with E-state index in [0.29, 0.717) is 13.1 Å². The minimum Gasteiger partial charge on any atom is -0.352 e. The fourth-order valence-electron chi connectivity index (χ4n) is 1.99. The van der Waals surface area contributed by atoms with Gasteiger partial charge in [-0.3, -0.25) is 14.6 Å². The monoisotopic (exact) mass is 297 g/mol. The number of aromatic nitrogens is 1.